The smallest absolute Gasteiger partial charge is 0.350 e. The lowest BCUT2D eigenvalue weighted by Crippen LogP contribution is -2.62. The molecule has 0 amide bonds. The van der Waals surface area contributed by atoms with Crippen LogP contribution in [-0.4, -0.2) is 39.5 Å². The van der Waals surface area contributed by atoms with E-state index >= 15 is 0 Å². The van der Waals surface area contributed by atoms with Crippen molar-refractivity contribution in [3.8, 4) is 34.1 Å². The highest BCUT2D eigenvalue weighted by Crippen LogP contribution is 2.64. The van der Waals surface area contributed by atoms with Gasteiger partial charge < -0.3 is 29.5 Å². The zero-order chi connectivity index (χ0) is 34.1. The number of phenols is 2. The van der Waals surface area contributed by atoms with Gasteiger partial charge in [0, 0.05) is 40.2 Å². The van der Waals surface area contributed by atoms with E-state index in [1.54, 1.807) is 31.2 Å². The summed E-state index contributed by atoms with van der Waals surface area (Å²) in [6, 6.07) is 6.43. The number of esters is 1. The first-order valence-electron chi connectivity index (χ1n) is 16.5. The minimum atomic E-state index is -1.27. The average molecular weight is 643 g/mol. The van der Waals surface area contributed by atoms with Gasteiger partial charge in [-0.1, -0.05) is 41.5 Å². The van der Waals surface area contributed by atoms with Crippen molar-refractivity contribution in [2.75, 3.05) is 6.61 Å². The van der Waals surface area contributed by atoms with Gasteiger partial charge >= 0.3 is 11.9 Å². The van der Waals surface area contributed by atoms with Crippen molar-refractivity contribution in [1.29, 1.82) is 0 Å². The fraction of sp³-hybridized carbons (Fsp3) is 0.436. The summed E-state index contributed by atoms with van der Waals surface area (Å²) in [6.45, 7) is 14.4. The van der Waals surface area contributed by atoms with Gasteiger partial charge in [0.2, 0.25) is 5.60 Å². The monoisotopic (exact) mass is 642 g/mol. The second-order valence-corrected chi connectivity index (χ2v) is 13.4. The van der Waals surface area contributed by atoms with Crippen LogP contribution < -0.4 is 9.47 Å². The lowest BCUT2D eigenvalue weighted by Gasteiger charge is -2.56. The molecule has 250 valence electrons. The van der Waals surface area contributed by atoms with E-state index < -0.39 is 23.1 Å². The largest absolute Gasteiger partial charge is 0.508 e. The van der Waals surface area contributed by atoms with E-state index in [1.165, 1.54) is 17.2 Å². The molecule has 47 heavy (non-hydrogen) atoms. The van der Waals surface area contributed by atoms with E-state index in [2.05, 4.69) is 39.5 Å². The van der Waals surface area contributed by atoms with Gasteiger partial charge in [0.25, 0.3) is 0 Å². The van der Waals surface area contributed by atoms with Gasteiger partial charge in [-0.15, -0.1) is 0 Å². The number of rotatable bonds is 12. The topological polar surface area (TPSA) is 123 Å². The molecule has 3 atom stereocenters. The molecular weight excluding hydrogens is 596 g/mol. The summed E-state index contributed by atoms with van der Waals surface area (Å²) in [5, 5.41) is 32.3. The summed E-state index contributed by atoms with van der Waals surface area (Å²) in [5.74, 6) is -0.855. The van der Waals surface area contributed by atoms with E-state index in [9.17, 15) is 24.9 Å². The molecule has 8 heteroatoms. The number of aromatic hydroxyl groups is 2. The highest BCUT2D eigenvalue weighted by Gasteiger charge is 2.64. The minimum Gasteiger partial charge on any atom is -0.508 e. The van der Waals surface area contributed by atoms with Crippen LogP contribution >= 0.6 is 0 Å². The molecule has 1 aliphatic carbocycles. The van der Waals surface area contributed by atoms with Crippen molar-refractivity contribution < 1.29 is 39.1 Å². The molecule has 2 aromatic carbocycles. The van der Waals surface area contributed by atoms with Crippen LogP contribution in [0.1, 0.15) is 90.7 Å². The average Bonchev–Trinajstić information content (AvgIpc) is 3.00. The molecule has 2 heterocycles. The van der Waals surface area contributed by atoms with Crippen LogP contribution in [0.5, 0.6) is 23.0 Å². The predicted octanol–water partition coefficient (Wildman–Crippen LogP) is 8.45. The standard InChI is InChI=1S/C39H46O8/c1-7-45-37(44)38-19-18-29(24(4)5)39(22-38)35-32(46-38)17-16-30(40)34(35)28-21-31(41)27(20-33(28)47-39)15-14-26(36(42)43)13-9-12-25(6)11-8-10-23(2)3/h10,12,14,16-17,20-21,29,40-41H,4,7-9,11,13,15,18-19,22H2,1-3,5-6H3,(H,42,43)/b25-12+,26-14-/t29-,38-,39+/m0/s1. The van der Waals surface area contributed by atoms with Crippen molar-refractivity contribution in [3.63, 3.8) is 0 Å². The summed E-state index contributed by atoms with van der Waals surface area (Å²) in [4.78, 5) is 25.5. The molecule has 2 bridgehead atoms. The SMILES string of the molecule is C=C(C)[C@@H]1CC[C@@]2(C(=O)OCC)C[C@@]13Oc1cc(C/C=C(/CC/C=C(\C)CCC=C(C)C)C(=O)O)c(O)cc1-c1c(O)ccc(c13)O2. The molecule has 0 saturated heterocycles. The van der Waals surface area contributed by atoms with E-state index in [4.69, 9.17) is 14.2 Å². The molecule has 0 aromatic heterocycles. The predicted molar refractivity (Wildman–Crippen MR) is 181 cm³/mol. The summed E-state index contributed by atoms with van der Waals surface area (Å²) >= 11 is 0. The molecule has 2 aliphatic heterocycles. The highest BCUT2D eigenvalue weighted by atomic mass is 16.6. The molecule has 1 spiro atoms. The Balaban J connectivity index is 1.50. The number of carbonyl (C=O) groups is 2. The lowest BCUT2D eigenvalue weighted by molar-refractivity contribution is -0.183. The molecule has 5 rings (SSSR count). The van der Waals surface area contributed by atoms with Crippen LogP contribution in [0.4, 0.5) is 0 Å². The number of hydrogen-bond donors (Lipinski definition) is 3. The Hall–Kier alpha value is -4.46. The first-order valence-corrected chi connectivity index (χ1v) is 16.5. The number of ether oxygens (including phenoxy) is 3. The maximum atomic E-state index is 13.4. The van der Waals surface area contributed by atoms with Crippen LogP contribution in [0.3, 0.4) is 0 Å². The van der Waals surface area contributed by atoms with E-state index in [0.717, 1.165) is 18.4 Å². The van der Waals surface area contributed by atoms with Crippen molar-refractivity contribution in [3.05, 3.63) is 82.5 Å². The Bertz CT molecular complexity index is 1690. The third-order valence-corrected chi connectivity index (χ3v) is 9.65. The van der Waals surface area contributed by atoms with Crippen LogP contribution in [0, 0.1) is 5.92 Å². The van der Waals surface area contributed by atoms with Crippen molar-refractivity contribution >= 4 is 11.9 Å². The Morgan fingerprint density at radius 2 is 1.74 bits per heavy atom. The molecule has 3 N–H and O–H groups in total. The lowest BCUT2D eigenvalue weighted by atomic mass is 9.60. The minimum absolute atomic E-state index is 0.00430. The normalized spacial score (nSPS) is 22.6. The fourth-order valence-electron chi connectivity index (χ4n) is 7.38. The molecule has 0 unspecified atom stereocenters. The van der Waals surface area contributed by atoms with Crippen LogP contribution in [0.2, 0.25) is 0 Å². The van der Waals surface area contributed by atoms with Gasteiger partial charge in [0.15, 0.2) is 0 Å². The zero-order valence-corrected chi connectivity index (χ0v) is 28.1. The molecule has 3 aliphatic rings. The first kappa shape index (κ1) is 33.9. The number of benzene rings is 2. The van der Waals surface area contributed by atoms with E-state index in [0.29, 0.717) is 59.4 Å². The van der Waals surface area contributed by atoms with Gasteiger partial charge in [0.1, 0.15) is 28.6 Å². The molecule has 1 saturated carbocycles. The van der Waals surface area contributed by atoms with Gasteiger partial charge in [-0.25, -0.2) is 9.59 Å². The van der Waals surface area contributed by atoms with Gasteiger partial charge in [-0.05, 0) is 104 Å². The number of phenolic OH excluding ortho intramolecular Hbond substituents is 2. The molecule has 1 fully saturated rings. The third-order valence-electron chi connectivity index (χ3n) is 9.65. The number of allylic oxidation sites excluding steroid dienone is 5. The van der Waals surface area contributed by atoms with Gasteiger partial charge in [-0.3, -0.25) is 0 Å². The number of carbonyl (C=O) groups excluding carboxylic acids is 1. The summed E-state index contributed by atoms with van der Waals surface area (Å²) in [7, 11) is 0. The van der Waals surface area contributed by atoms with Gasteiger partial charge in [-0.2, -0.15) is 0 Å². The third kappa shape index (κ3) is 6.42. The Labute approximate surface area is 277 Å². The Kier molecular flexibility index (Phi) is 9.62. The van der Waals surface area contributed by atoms with Crippen molar-refractivity contribution in [2.24, 2.45) is 5.92 Å². The second-order valence-electron chi connectivity index (χ2n) is 13.4. The van der Waals surface area contributed by atoms with E-state index in [-0.39, 0.29) is 42.4 Å². The van der Waals surface area contributed by atoms with Crippen LogP contribution in [0.15, 0.2) is 71.4 Å². The fourth-order valence-corrected chi connectivity index (χ4v) is 7.38. The first-order chi connectivity index (χ1) is 22.3. The van der Waals surface area contributed by atoms with Crippen molar-refractivity contribution in [1.82, 2.24) is 0 Å². The molecule has 0 radical (unpaired) electrons. The summed E-state index contributed by atoms with van der Waals surface area (Å²) in [5.41, 5.74) is 3.37. The zero-order valence-electron chi connectivity index (χ0n) is 28.1. The van der Waals surface area contributed by atoms with Crippen molar-refractivity contribution in [2.45, 2.75) is 97.2 Å². The summed E-state index contributed by atoms with van der Waals surface area (Å²) < 4.78 is 18.9. The maximum Gasteiger partial charge on any atom is 0.350 e. The Morgan fingerprint density at radius 3 is 2.43 bits per heavy atom. The van der Waals surface area contributed by atoms with Gasteiger partial charge in [0.05, 0.1) is 6.61 Å². The number of hydrogen-bond acceptors (Lipinski definition) is 7. The van der Waals surface area contributed by atoms with Crippen LogP contribution in [0.25, 0.3) is 11.1 Å². The second kappa shape index (κ2) is 13.3. The highest BCUT2D eigenvalue weighted by molar-refractivity contribution is 5.88. The molecular formula is C39H46O8. The van der Waals surface area contributed by atoms with E-state index in [1.807, 2.05) is 6.92 Å². The number of carboxylic acids is 1. The number of carboxylic acid groups (broad SMARTS) is 1. The molecule has 2 aromatic rings. The quantitative estimate of drug-likeness (QED) is 0.120. The number of aliphatic carboxylic acids is 1. The Morgan fingerprint density at radius 1 is 1.00 bits per heavy atom. The molecule has 8 nitrogen and oxygen atoms in total. The number of fused-ring (bicyclic) bond motifs is 3. The maximum absolute atomic E-state index is 13.4. The van der Waals surface area contributed by atoms with Crippen LogP contribution in [-0.2, 0) is 26.3 Å². The summed E-state index contributed by atoms with van der Waals surface area (Å²) in [6.07, 6.45) is 10.1.